The average Bonchev–Trinajstić information content (AvgIpc) is 3.37. The zero-order chi connectivity index (χ0) is 28.5. The zero-order valence-electron chi connectivity index (χ0n) is 22.1. The summed E-state index contributed by atoms with van der Waals surface area (Å²) in [6, 6.07) is 19.6. The van der Waals surface area contributed by atoms with Crippen molar-refractivity contribution >= 4 is 46.8 Å². The molecule has 0 fully saturated rings. The first-order valence-electron chi connectivity index (χ1n) is 13.1. The number of methoxy groups -OCH3 is 1. The van der Waals surface area contributed by atoms with Gasteiger partial charge in [-0.1, -0.05) is 77.8 Å². The molecule has 0 unspecified atom stereocenters. The monoisotopic (exact) mass is 582 g/mol. The molecule has 4 rings (SSSR count). The normalized spacial score (nSPS) is 14.5. The highest BCUT2D eigenvalue weighted by Crippen LogP contribution is 2.32. The molecule has 0 aromatic heterocycles. The molecule has 8 nitrogen and oxygen atoms in total. The molecule has 10 heteroatoms. The largest absolute Gasteiger partial charge is 0.467 e. The molecule has 40 heavy (non-hydrogen) atoms. The highest BCUT2D eigenvalue weighted by atomic mass is 35.5. The van der Waals surface area contributed by atoms with Gasteiger partial charge in [-0.15, -0.1) is 0 Å². The van der Waals surface area contributed by atoms with E-state index in [9.17, 15) is 14.4 Å². The molecule has 0 heterocycles. The van der Waals surface area contributed by atoms with Crippen molar-refractivity contribution in [1.29, 1.82) is 0 Å². The van der Waals surface area contributed by atoms with E-state index < -0.39 is 23.9 Å². The number of hydrogen-bond donors (Lipinski definition) is 4. The molecule has 0 aliphatic heterocycles. The van der Waals surface area contributed by atoms with Crippen molar-refractivity contribution in [1.82, 2.24) is 16.0 Å². The second-order valence-corrected chi connectivity index (χ2v) is 10.3. The summed E-state index contributed by atoms with van der Waals surface area (Å²) in [6.07, 6.45) is 3.41. The van der Waals surface area contributed by atoms with Crippen molar-refractivity contribution in [3.05, 3.63) is 99.0 Å². The van der Waals surface area contributed by atoms with Crippen LogP contribution in [0.3, 0.4) is 0 Å². The summed E-state index contributed by atoms with van der Waals surface area (Å²) in [7, 11) is 1.21. The highest BCUT2D eigenvalue weighted by Gasteiger charge is 2.27. The smallest absolute Gasteiger partial charge is 0.330 e. The van der Waals surface area contributed by atoms with Crippen molar-refractivity contribution in [3.8, 4) is 0 Å². The van der Waals surface area contributed by atoms with E-state index in [1.54, 1.807) is 12.1 Å². The number of aryl methyl sites for hydroxylation is 2. The molecule has 1 aliphatic carbocycles. The van der Waals surface area contributed by atoms with Crippen LogP contribution in [-0.4, -0.2) is 44.1 Å². The topological polar surface area (TPSA) is 109 Å². The van der Waals surface area contributed by atoms with Crippen LogP contribution in [0.4, 0.5) is 10.5 Å². The quantitative estimate of drug-likeness (QED) is 0.181. The summed E-state index contributed by atoms with van der Waals surface area (Å²) in [5.74, 6) is -1.38. The van der Waals surface area contributed by atoms with Gasteiger partial charge in [0.15, 0.2) is 0 Å². The lowest BCUT2D eigenvalue weighted by Gasteiger charge is -2.20. The van der Waals surface area contributed by atoms with E-state index in [2.05, 4.69) is 33.4 Å². The Hall–Kier alpha value is -3.75. The van der Waals surface area contributed by atoms with Gasteiger partial charge in [0.2, 0.25) is 0 Å². The molecule has 210 valence electrons. The van der Waals surface area contributed by atoms with Crippen molar-refractivity contribution in [2.75, 3.05) is 25.5 Å². The number of carbonyl (C=O) groups is 3. The van der Waals surface area contributed by atoms with Crippen molar-refractivity contribution in [2.24, 2.45) is 0 Å². The Morgan fingerprint density at radius 2 is 1.75 bits per heavy atom. The third-order valence-corrected chi connectivity index (χ3v) is 7.52. The predicted molar refractivity (Wildman–Crippen MR) is 157 cm³/mol. The highest BCUT2D eigenvalue weighted by molar-refractivity contribution is 6.41. The van der Waals surface area contributed by atoms with Gasteiger partial charge in [0.25, 0.3) is 5.91 Å². The first-order valence-corrected chi connectivity index (χ1v) is 13.9. The average molecular weight is 584 g/mol. The zero-order valence-corrected chi connectivity index (χ0v) is 23.6. The van der Waals surface area contributed by atoms with Gasteiger partial charge in [-0.25, -0.2) is 9.59 Å². The Labute approximate surface area is 243 Å². The van der Waals surface area contributed by atoms with Crippen molar-refractivity contribution in [2.45, 2.75) is 37.8 Å². The third-order valence-electron chi connectivity index (χ3n) is 6.81. The summed E-state index contributed by atoms with van der Waals surface area (Å²) >= 11 is 12.9. The van der Waals surface area contributed by atoms with E-state index in [1.165, 1.54) is 18.2 Å². The maximum absolute atomic E-state index is 13.2. The summed E-state index contributed by atoms with van der Waals surface area (Å²) in [5.41, 5.74) is 4.09. The molecule has 3 aromatic carbocycles. The fourth-order valence-electron chi connectivity index (χ4n) is 4.73. The van der Waals surface area contributed by atoms with Crippen LogP contribution >= 0.6 is 23.2 Å². The third kappa shape index (κ3) is 7.46. The van der Waals surface area contributed by atoms with Gasteiger partial charge in [-0.05, 0) is 54.5 Å². The summed E-state index contributed by atoms with van der Waals surface area (Å²) in [6.45, 7) is 0.442. The number of amides is 3. The second-order valence-electron chi connectivity index (χ2n) is 9.49. The molecule has 0 bridgehead atoms. The van der Waals surface area contributed by atoms with Crippen LogP contribution in [0.5, 0.6) is 0 Å². The fraction of sp³-hybridized carbons (Fsp3) is 0.300. The van der Waals surface area contributed by atoms with Crippen molar-refractivity contribution < 1.29 is 19.1 Å². The second kappa shape index (κ2) is 14.1. The first kappa shape index (κ1) is 29.2. The molecule has 0 saturated carbocycles. The van der Waals surface area contributed by atoms with Crippen molar-refractivity contribution in [3.63, 3.8) is 0 Å². The maximum Gasteiger partial charge on any atom is 0.330 e. The lowest BCUT2D eigenvalue weighted by Crippen LogP contribution is -2.51. The lowest BCUT2D eigenvalue weighted by molar-refractivity contribution is -0.142. The van der Waals surface area contributed by atoms with E-state index in [0.29, 0.717) is 12.2 Å². The van der Waals surface area contributed by atoms with E-state index >= 15 is 0 Å². The number of nitrogens with one attached hydrogen (secondary N) is 4. The van der Waals surface area contributed by atoms with Gasteiger partial charge >= 0.3 is 12.0 Å². The molecule has 2 atom stereocenters. The van der Waals surface area contributed by atoms with Crippen LogP contribution in [0.15, 0.2) is 66.7 Å². The van der Waals surface area contributed by atoms with Gasteiger partial charge in [0, 0.05) is 6.54 Å². The molecule has 0 spiro atoms. The summed E-state index contributed by atoms with van der Waals surface area (Å²) in [5, 5.41) is 11.7. The molecule has 0 radical (unpaired) electrons. The van der Waals surface area contributed by atoms with E-state index in [0.717, 1.165) is 31.2 Å². The SMILES string of the molecule is COC(=O)[C@H](CNC(=O)N[C@@H]1CCc2ccccc21)NC(=O)c1c(Cl)ccc(NCCCc2ccccc2)c1Cl. The Morgan fingerprint density at radius 1 is 1.00 bits per heavy atom. The first-order chi connectivity index (χ1) is 19.4. The summed E-state index contributed by atoms with van der Waals surface area (Å²) in [4.78, 5) is 38.3. The number of esters is 1. The molecule has 3 aromatic rings. The molecular formula is C30H32Cl2N4O4. The lowest BCUT2D eigenvalue weighted by atomic mass is 10.1. The van der Waals surface area contributed by atoms with Crippen LogP contribution < -0.4 is 21.3 Å². The van der Waals surface area contributed by atoms with Crippen LogP contribution in [0.1, 0.15) is 45.9 Å². The standard InChI is InChI=1S/C30H32Cl2N4O4/c1-40-29(38)25(18-34-30(39)36-23-15-13-20-11-5-6-12-21(20)23)35-28(37)26-22(31)14-16-24(27(26)32)33-17-7-10-19-8-3-2-4-9-19/h2-6,8-9,11-12,14,16,23,25,33H,7,10,13,15,17-18H2,1H3,(H,35,37)(H2,34,36,39)/t23-,25+/m1/s1. The number of ether oxygens (including phenoxy) is 1. The van der Waals surface area contributed by atoms with E-state index in [4.69, 9.17) is 27.9 Å². The number of benzene rings is 3. The molecule has 0 saturated heterocycles. The number of anilines is 1. The van der Waals surface area contributed by atoms with E-state index in [-0.39, 0.29) is 28.2 Å². The van der Waals surface area contributed by atoms with Gasteiger partial charge in [-0.3, -0.25) is 4.79 Å². The number of rotatable bonds is 11. The minimum Gasteiger partial charge on any atom is -0.467 e. The van der Waals surface area contributed by atoms with E-state index in [1.807, 2.05) is 42.5 Å². The minimum absolute atomic E-state index is 0.0253. The summed E-state index contributed by atoms with van der Waals surface area (Å²) < 4.78 is 4.84. The van der Waals surface area contributed by atoms with Crippen LogP contribution in [-0.2, 0) is 22.4 Å². The molecular weight excluding hydrogens is 551 g/mol. The van der Waals surface area contributed by atoms with Gasteiger partial charge < -0.3 is 26.0 Å². The maximum atomic E-state index is 13.2. The number of carbonyl (C=O) groups excluding carboxylic acids is 3. The Morgan fingerprint density at radius 3 is 2.52 bits per heavy atom. The van der Waals surface area contributed by atoms with Gasteiger partial charge in [0.1, 0.15) is 6.04 Å². The number of halogens is 2. The molecule has 4 N–H and O–H groups in total. The van der Waals surface area contributed by atoms with Gasteiger partial charge in [0.05, 0.1) is 41.0 Å². The Bertz CT molecular complexity index is 1350. The molecule has 1 aliphatic rings. The minimum atomic E-state index is -1.16. The fourth-order valence-corrected chi connectivity index (χ4v) is 5.34. The van der Waals surface area contributed by atoms with Crippen LogP contribution in [0, 0.1) is 0 Å². The molecule has 3 amide bonds. The number of urea groups is 1. The number of fused-ring (bicyclic) bond motifs is 1. The Kier molecular flexibility index (Phi) is 10.3. The van der Waals surface area contributed by atoms with Gasteiger partial charge in [-0.2, -0.15) is 0 Å². The van der Waals surface area contributed by atoms with Crippen LogP contribution in [0.25, 0.3) is 0 Å². The number of hydrogen-bond acceptors (Lipinski definition) is 5. The predicted octanol–water partition coefficient (Wildman–Crippen LogP) is 5.30. The Balaban J connectivity index is 1.34. The van der Waals surface area contributed by atoms with Crippen LogP contribution in [0.2, 0.25) is 10.0 Å².